The monoisotopic (exact) mass is 222 g/mol. The standard InChI is InChI=1S/C12H18N2O2/c1-2-9-11(15)13-7-3-4-10(13)12(16)14(9)8-5-6-8/h8-10H,2-7H2,1H3. The van der Waals surface area contributed by atoms with Crippen LogP contribution in [0.1, 0.15) is 39.0 Å². The van der Waals surface area contributed by atoms with Crippen LogP contribution in [0.4, 0.5) is 0 Å². The molecule has 3 rings (SSSR count). The summed E-state index contributed by atoms with van der Waals surface area (Å²) in [5.74, 6) is 0.406. The number of hydrogen-bond acceptors (Lipinski definition) is 2. The maximum atomic E-state index is 12.3. The molecule has 2 unspecified atom stereocenters. The molecule has 0 N–H and O–H groups in total. The molecule has 1 saturated carbocycles. The number of rotatable bonds is 2. The molecule has 3 fully saturated rings. The highest BCUT2D eigenvalue weighted by Gasteiger charge is 2.51. The zero-order valence-electron chi connectivity index (χ0n) is 9.69. The third kappa shape index (κ3) is 1.28. The van der Waals surface area contributed by atoms with Crippen LogP contribution in [0, 0.1) is 0 Å². The molecule has 0 aromatic heterocycles. The summed E-state index contributed by atoms with van der Waals surface area (Å²) in [6, 6.07) is 0.0643. The van der Waals surface area contributed by atoms with Crippen LogP contribution in [0.5, 0.6) is 0 Å². The van der Waals surface area contributed by atoms with E-state index in [1.165, 1.54) is 0 Å². The fourth-order valence-electron chi connectivity index (χ4n) is 3.08. The first kappa shape index (κ1) is 10.1. The minimum Gasteiger partial charge on any atom is -0.329 e. The van der Waals surface area contributed by atoms with Gasteiger partial charge in [0.25, 0.3) is 0 Å². The molecular formula is C12H18N2O2. The number of carbonyl (C=O) groups is 2. The molecule has 2 amide bonds. The Morgan fingerprint density at radius 3 is 2.56 bits per heavy atom. The third-order valence-corrected chi connectivity index (χ3v) is 4.02. The summed E-state index contributed by atoms with van der Waals surface area (Å²) < 4.78 is 0. The predicted octanol–water partition coefficient (Wildman–Crippen LogP) is 0.761. The van der Waals surface area contributed by atoms with Gasteiger partial charge in [0.1, 0.15) is 12.1 Å². The van der Waals surface area contributed by atoms with Crippen LogP contribution in [0.3, 0.4) is 0 Å². The molecule has 2 aliphatic heterocycles. The smallest absolute Gasteiger partial charge is 0.246 e. The van der Waals surface area contributed by atoms with E-state index in [0.29, 0.717) is 6.04 Å². The van der Waals surface area contributed by atoms with Crippen LogP contribution in [0.25, 0.3) is 0 Å². The van der Waals surface area contributed by atoms with Crippen molar-refractivity contribution in [3.8, 4) is 0 Å². The first-order valence-corrected chi connectivity index (χ1v) is 6.36. The average Bonchev–Trinajstić information content (AvgIpc) is 2.98. The summed E-state index contributed by atoms with van der Waals surface area (Å²) in [4.78, 5) is 28.3. The molecule has 0 aromatic carbocycles. The molecule has 4 nitrogen and oxygen atoms in total. The lowest BCUT2D eigenvalue weighted by Crippen LogP contribution is -2.63. The Morgan fingerprint density at radius 2 is 1.94 bits per heavy atom. The molecule has 1 aliphatic carbocycles. The summed E-state index contributed by atoms with van der Waals surface area (Å²) in [5, 5.41) is 0. The lowest BCUT2D eigenvalue weighted by Gasteiger charge is -2.42. The van der Waals surface area contributed by atoms with Gasteiger partial charge >= 0.3 is 0 Å². The highest BCUT2D eigenvalue weighted by atomic mass is 16.2. The molecule has 0 spiro atoms. The first-order chi connectivity index (χ1) is 7.74. The van der Waals surface area contributed by atoms with Gasteiger partial charge in [-0.15, -0.1) is 0 Å². The van der Waals surface area contributed by atoms with Gasteiger partial charge < -0.3 is 9.80 Å². The summed E-state index contributed by atoms with van der Waals surface area (Å²) in [5.41, 5.74) is 0. The number of hydrogen-bond donors (Lipinski definition) is 0. The molecule has 0 radical (unpaired) electrons. The molecule has 16 heavy (non-hydrogen) atoms. The highest BCUT2D eigenvalue weighted by molar-refractivity contribution is 5.97. The van der Waals surface area contributed by atoms with Gasteiger partial charge in [-0.1, -0.05) is 6.92 Å². The average molecular weight is 222 g/mol. The van der Waals surface area contributed by atoms with Crippen LogP contribution < -0.4 is 0 Å². The van der Waals surface area contributed by atoms with Crippen molar-refractivity contribution >= 4 is 11.8 Å². The van der Waals surface area contributed by atoms with Crippen molar-refractivity contribution in [2.45, 2.75) is 57.2 Å². The van der Waals surface area contributed by atoms with Crippen molar-refractivity contribution in [3.05, 3.63) is 0 Å². The topological polar surface area (TPSA) is 40.6 Å². The Labute approximate surface area is 95.6 Å². The zero-order chi connectivity index (χ0) is 11.3. The van der Waals surface area contributed by atoms with E-state index in [2.05, 4.69) is 0 Å². The van der Waals surface area contributed by atoms with Crippen molar-refractivity contribution in [2.24, 2.45) is 0 Å². The van der Waals surface area contributed by atoms with Gasteiger partial charge in [-0.3, -0.25) is 9.59 Å². The Kier molecular flexibility index (Phi) is 2.19. The second-order valence-corrected chi connectivity index (χ2v) is 5.09. The van der Waals surface area contributed by atoms with Gasteiger partial charge in [-0.25, -0.2) is 0 Å². The second-order valence-electron chi connectivity index (χ2n) is 5.09. The van der Waals surface area contributed by atoms with Crippen LogP contribution >= 0.6 is 0 Å². The molecule has 2 saturated heterocycles. The Balaban J connectivity index is 1.92. The van der Waals surface area contributed by atoms with Crippen LogP contribution in [0.15, 0.2) is 0 Å². The lowest BCUT2D eigenvalue weighted by molar-refractivity contribution is -0.160. The quantitative estimate of drug-likeness (QED) is 0.692. The minimum atomic E-state index is -0.172. The molecule has 2 heterocycles. The Bertz CT molecular complexity index is 338. The predicted molar refractivity (Wildman–Crippen MR) is 58.7 cm³/mol. The SMILES string of the molecule is CCC1C(=O)N2CCCC2C(=O)N1C1CC1. The Morgan fingerprint density at radius 1 is 1.19 bits per heavy atom. The highest BCUT2D eigenvalue weighted by Crippen LogP contribution is 2.36. The molecule has 3 aliphatic rings. The number of nitrogens with zero attached hydrogens (tertiary/aromatic N) is 2. The molecular weight excluding hydrogens is 204 g/mol. The molecule has 4 heteroatoms. The van der Waals surface area contributed by atoms with Gasteiger partial charge in [-0.2, -0.15) is 0 Å². The lowest BCUT2D eigenvalue weighted by atomic mass is 10.0. The van der Waals surface area contributed by atoms with E-state index in [9.17, 15) is 9.59 Å². The normalized spacial score (nSPS) is 34.6. The van der Waals surface area contributed by atoms with Gasteiger partial charge in [0.05, 0.1) is 0 Å². The van der Waals surface area contributed by atoms with E-state index in [1.807, 2.05) is 16.7 Å². The maximum absolute atomic E-state index is 12.3. The van der Waals surface area contributed by atoms with Crippen LogP contribution in [0.2, 0.25) is 0 Å². The molecule has 0 aromatic rings. The molecule has 2 atom stereocenters. The summed E-state index contributed by atoms with van der Waals surface area (Å²) in [6.07, 6.45) is 4.77. The molecule has 88 valence electrons. The van der Waals surface area contributed by atoms with E-state index in [-0.39, 0.29) is 23.9 Å². The number of fused-ring (bicyclic) bond motifs is 1. The number of amides is 2. The first-order valence-electron chi connectivity index (χ1n) is 6.36. The maximum Gasteiger partial charge on any atom is 0.246 e. The second kappa shape index (κ2) is 3.47. The summed E-state index contributed by atoms with van der Waals surface area (Å²) in [6.45, 7) is 2.78. The van der Waals surface area contributed by atoms with E-state index in [0.717, 1.165) is 38.6 Å². The number of carbonyl (C=O) groups excluding carboxylic acids is 2. The van der Waals surface area contributed by atoms with E-state index in [1.54, 1.807) is 0 Å². The van der Waals surface area contributed by atoms with Gasteiger partial charge in [0.2, 0.25) is 11.8 Å². The van der Waals surface area contributed by atoms with E-state index < -0.39 is 0 Å². The largest absolute Gasteiger partial charge is 0.329 e. The van der Waals surface area contributed by atoms with Crippen molar-refractivity contribution in [3.63, 3.8) is 0 Å². The summed E-state index contributed by atoms with van der Waals surface area (Å²) in [7, 11) is 0. The summed E-state index contributed by atoms with van der Waals surface area (Å²) >= 11 is 0. The van der Waals surface area contributed by atoms with E-state index in [4.69, 9.17) is 0 Å². The van der Waals surface area contributed by atoms with Gasteiger partial charge in [0, 0.05) is 12.6 Å². The molecule has 0 bridgehead atoms. The van der Waals surface area contributed by atoms with Gasteiger partial charge in [-0.05, 0) is 32.1 Å². The van der Waals surface area contributed by atoms with Crippen molar-refractivity contribution in [2.75, 3.05) is 6.54 Å². The van der Waals surface area contributed by atoms with E-state index >= 15 is 0 Å². The fourth-order valence-corrected chi connectivity index (χ4v) is 3.08. The Hall–Kier alpha value is -1.06. The van der Waals surface area contributed by atoms with Crippen molar-refractivity contribution < 1.29 is 9.59 Å². The van der Waals surface area contributed by atoms with Gasteiger partial charge in [0.15, 0.2) is 0 Å². The van der Waals surface area contributed by atoms with Crippen molar-refractivity contribution in [1.82, 2.24) is 9.80 Å². The van der Waals surface area contributed by atoms with Crippen LogP contribution in [-0.4, -0.2) is 46.3 Å². The third-order valence-electron chi connectivity index (χ3n) is 4.02. The fraction of sp³-hybridized carbons (Fsp3) is 0.833. The number of piperazine rings is 1. The van der Waals surface area contributed by atoms with Crippen LogP contribution in [-0.2, 0) is 9.59 Å². The zero-order valence-corrected chi connectivity index (χ0v) is 9.69. The van der Waals surface area contributed by atoms with Crippen molar-refractivity contribution in [1.29, 1.82) is 0 Å². The minimum absolute atomic E-state index is 0.129.